The third-order valence-corrected chi connectivity index (χ3v) is 4.28. The monoisotopic (exact) mass is 334 g/mol. The third kappa shape index (κ3) is 2.79. The molecule has 0 saturated heterocycles. The Morgan fingerprint density at radius 3 is 2.15 bits per heavy atom. The average Bonchev–Trinajstić information content (AvgIpc) is 2.67. The first-order valence-electron chi connectivity index (χ1n) is 5.63. The highest BCUT2D eigenvalue weighted by Crippen LogP contribution is 2.36. The van der Waals surface area contributed by atoms with Gasteiger partial charge in [0, 0.05) is 28.5 Å². The number of rotatable bonds is 2. The van der Waals surface area contributed by atoms with E-state index in [0.29, 0.717) is 0 Å². The first kappa shape index (κ1) is 15.2. The fourth-order valence-electron chi connectivity index (χ4n) is 1.62. The van der Waals surface area contributed by atoms with Crippen LogP contribution in [0.3, 0.4) is 0 Å². The van der Waals surface area contributed by atoms with Gasteiger partial charge in [-0.2, -0.15) is 9.78 Å². The molecule has 2 heterocycles. The van der Waals surface area contributed by atoms with Crippen molar-refractivity contribution in [2.75, 3.05) is 0 Å². The van der Waals surface area contributed by atoms with Crippen molar-refractivity contribution in [1.82, 2.24) is 19.7 Å². The van der Waals surface area contributed by atoms with E-state index in [4.69, 9.17) is 22.3 Å². The molecule has 2 aromatic heterocycles. The summed E-state index contributed by atoms with van der Waals surface area (Å²) in [7, 11) is 1.44. The van der Waals surface area contributed by atoms with Crippen LogP contribution in [0, 0.1) is 0 Å². The van der Waals surface area contributed by atoms with Gasteiger partial charge in [0.05, 0.1) is 5.69 Å². The maximum Gasteiger partial charge on any atom is 0.266 e. The van der Waals surface area contributed by atoms with E-state index in [0.717, 1.165) is 4.68 Å². The number of hydrogen-bond donors (Lipinski definition) is 0. The highest BCUT2D eigenvalue weighted by atomic mass is 35.7. The van der Waals surface area contributed by atoms with Crippen molar-refractivity contribution in [3.63, 3.8) is 0 Å². The van der Waals surface area contributed by atoms with E-state index in [1.807, 2.05) is 20.8 Å². The minimum atomic E-state index is -4.03. The molecule has 0 N–H and O–H groups in total. The second kappa shape index (κ2) is 4.98. The second-order valence-electron chi connectivity index (χ2n) is 5.12. The van der Waals surface area contributed by atoms with Crippen LogP contribution in [-0.2, 0) is 14.5 Å². The molecule has 0 aromatic carbocycles. The van der Waals surface area contributed by atoms with Gasteiger partial charge in [0.1, 0.15) is 4.90 Å². The summed E-state index contributed by atoms with van der Waals surface area (Å²) in [5.41, 5.74) is -0.286. The molecule has 0 radical (unpaired) electrons. The maximum absolute atomic E-state index is 11.8. The van der Waals surface area contributed by atoms with Crippen molar-refractivity contribution in [3.8, 4) is 5.95 Å². The summed E-state index contributed by atoms with van der Waals surface area (Å²) in [5.74, 6) is 0.176. The normalized spacial score (nSPS) is 12.7. The molecule has 108 valence electrons. The van der Waals surface area contributed by atoms with Crippen LogP contribution in [0.4, 0.5) is 0 Å². The summed E-state index contributed by atoms with van der Waals surface area (Å²) in [6, 6.07) is 1.63. The summed E-state index contributed by atoms with van der Waals surface area (Å²) in [4.78, 5) is 7.78. The minimum absolute atomic E-state index is 0.129. The van der Waals surface area contributed by atoms with Gasteiger partial charge in [-0.05, 0) is 6.07 Å². The Labute approximate surface area is 126 Å². The van der Waals surface area contributed by atoms with Crippen molar-refractivity contribution in [1.29, 1.82) is 0 Å². The SMILES string of the molecule is CC(C)(C)c1nn(-c2ncccn2)c(Cl)c1S(=O)(=O)Cl. The molecule has 6 nitrogen and oxygen atoms in total. The van der Waals surface area contributed by atoms with E-state index >= 15 is 0 Å². The molecule has 2 rings (SSSR count). The third-order valence-electron chi connectivity index (χ3n) is 2.48. The summed E-state index contributed by atoms with van der Waals surface area (Å²) < 4.78 is 24.7. The summed E-state index contributed by atoms with van der Waals surface area (Å²) >= 11 is 6.11. The van der Waals surface area contributed by atoms with Gasteiger partial charge in [0.2, 0.25) is 0 Å². The van der Waals surface area contributed by atoms with E-state index in [1.165, 1.54) is 12.4 Å². The van der Waals surface area contributed by atoms with Crippen molar-refractivity contribution in [3.05, 3.63) is 29.3 Å². The lowest BCUT2D eigenvalue weighted by Gasteiger charge is -2.15. The van der Waals surface area contributed by atoms with Gasteiger partial charge in [-0.15, -0.1) is 0 Å². The van der Waals surface area contributed by atoms with Crippen molar-refractivity contribution >= 4 is 31.3 Å². The number of halogens is 2. The number of aromatic nitrogens is 4. The van der Waals surface area contributed by atoms with Gasteiger partial charge in [0.15, 0.2) is 5.15 Å². The molecular formula is C11H12Cl2N4O2S. The zero-order valence-electron chi connectivity index (χ0n) is 11.0. The predicted molar refractivity (Wildman–Crippen MR) is 75.9 cm³/mol. The molecule has 0 atom stereocenters. The number of nitrogens with zero attached hydrogens (tertiary/aromatic N) is 4. The Kier molecular flexibility index (Phi) is 3.79. The summed E-state index contributed by atoms with van der Waals surface area (Å²) in [6.07, 6.45) is 3.01. The molecule has 9 heteroatoms. The van der Waals surface area contributed by atoms with Gasteiger partial charge < -0.3 is 0 Å². The maximum atomic E-state index is 11.8. The average molecular weight is 335 g/mol. The Morgan fingerprint density at radius 1 is 1.20 bits per heavy atom. The molecule has 0 saturated carbocycles. The summed E-state index contributed by atoms with van der Waals surface area (Å²) in [5, 5.41) is 4.09. The van der Waals surface area contributed by atoms with Gasteiger partial charge >= 0.3 is 0 Å². The molecular weight excluding hydrogens is 323 g/mol. The molecule has 0 amide bonds. The fourth-order valence-corrected chi connectivity index (χ4v) is 3.55. The van der Waals surface area contributed by atoms with E-state index < -0.39 is 14.5 Å². The zero-order valence-corrected chi connectivity index (χ0v) is 13.3. The highest BCUT2D eigenvalue weighted by Gasteiger charge is 2.33. The largest absolute Gasteiger partial charge is 0.266 e. The standard InChI is InChI=1S/C11H12Cl2N4O2S/c1-11(2,3)8-7(20(13,18)19)9(12)17(16-8)10-14-5-4-6-15-10/h4-6H,1-3H3. The second-order valence-corrected chi connectivity index (χ2v) is 7.98. The molecule has 0 aliphatic heterocycles. The Bertz CT molecular complexity index is 736. The van der Waals surface area contributed by atoms with Crippen LogP contribution in [0.25, 0.3) is 5.95 Å². The highest BCUT2D eigenvalue weighted by molar-refractivity contribution is 8.13. The van der Waals surface area contributed by atoms with Crippen LogP contribution in [0.2, 0.25) is 5.15 Å². The zero-order chi connectivity index (χ0) is 15.1. The van der Waals surface area contributed by atoms with Gasteiger partial charge in [-0.1, -0.05) is 32.4 Å². The molecule has 0 aliphatic rings. The predicted octanol–water partition coefficient (Wildman–Crippen LogP) is 2.54. The van der Waals surface area contributed by atoms with Crippen LogP contribution in [0.1, 0.15) is 26.5 Å². The topological polar surface area (TPSA) is 77.7 Å². The lowest BCUT2D eigenvalue weighted by molar-refractivity contribution is 0.543. The van der Waals surface area contributed by atoms with E-state index in [2.05, 4.69) is 15.1 Å². The summed E-state index contributed by atoms with van der Waals surface area (Å²) in [6.45, 7) is 5.44. The first-order valence-corrected chi connectivity index (χ1v) is 8.32. The Balaban J connectivity index is 2.79. The van der Waals surface area contributed by atoms with Crippen LogP contribution in [0.5, 0.6) is 0 Å². The Morgan fingerprint density at radius 2 is 1.75 bits per heavy atom. The van der Waals surface area contributed by atoms with Gasteiger partial charge in [-0.3, -0.25) is 0 Å². The smallest absolute Gasteiger partial charge is 0.220 e. The van der Waals surface area contributed by atoms with E-state index in [9.17, 15) is 8.42 Å². The molecule has 0 bridgehead atoms. The minimum Gasteiger partial charge on any atom is -0.220 e. The molecule has 0 aliphatic carbocycles. The molecule has 0 spiro atoms. The lowest BCUT2D eigenvalue weighted by atomic mass is 9.92. The molecule has 0 unspecified atom stereocenters. The van der Waals surface area contributed by atoms with Crippen molar-refractivity contribution in [2.24, 2.45) is 0 Å². The lowest BCUT2D eigenvalue weighted by Crippen LogP contribution is -2.15. The van der Waals surface area contributed by atoms with E-state index in [-0.39, 0.29) is 21.7 Å². The molecule has 2 aromatic rings. The van der Waals surface area contributed by atoms with Crippen LogP contribution in [-0.4, -0.2) is 28.2 Å². The van der Waals surface area contributed by atoms with Crippen molar-refractivity contribution in [2.45, 2.75) is 31.1 Å². The van der Waals surface area contributed by atoms with Crippen LogP contribution in [0.15, 0.2) is 23.4 Å². The van der Waals surface area contributed by atoms with Gasteiger partial charge in [-0.25, -0.2) is 18.4 Å². The molecule has 0 fully saturated rings. The van der Waals surface area contributed by atoms with Gasteiger partial charge in [0.25, 0.3) is 15.0 Å². The van der Waals surface area contributed by atoms with E-state index in [1.54, 1.807) is 6.07 Å². The first-order chi connectivity index (χ1) is 9.12. The molecule has 20 heavy (non-hydrogen) atoms. The Hall–Kier alpha value is -1.18. The van der Waals surface area contributed by atoms with Crippen LogP contribution >= 0.6 is 22.3 Å². The fraction of sp³-hybridized carbons (Fsp3) is 0.364. The quantitative estimate of drug-likeness (QED) is 0.788. The van der Waals surface area contributed by atoms with Crippen LogP contribution < -0.4 is 0 Å². The van der Waals surface area contributed by atoms with Crippen molar-refractivity contribution < 1.29 is 8.42 Å². The number of hydrogen-bond acceptors (Lipinski definition) is 5.